The normalized spacial score (nSPS) is 14.2. The molecule has 1 aliphatic rings. The van der Waals surface area contributed by atoms with Crippen LogP contribution in [0.2, 0.25) is 0 Å². The third-order valence-corrected chi connectivity index (χ3v) is 5.21. The van der Waals surface area contributed by atoms with Gasteiger partial charge >= 0.3 is 0 Å². The van der Waals surface area contributed by atoms with Crippen molar-refractivity contribution in [2.24, 2.45) is 5.92 Å². The van der Waals surface area contributed by atoms with E-state index in [-0.39, 0.29) is 6.04 Å². The molecule has 1 aliphatic carbocycles. The molecule has 4 nitrogen and oxygen atoms in total. The van der Waals surface area contributed by atoms with Gasteiger partial charge in [0, 0.05) is 5.69 Å². The van der Waals surface area contributed by atoms with Crippen molar-refractivity contribution < 1.29 is 9.53 Å². The lowest BCUT2D eigenvalue weighted by molar-refractivity contribution is -0.105. The highest BCUT2D eigenvalue weighted by Gasteiger charge is 2.23. The van der Waals surface area contributed by atoms with E-state index in [0.29, 0.717) is 13.0 Å². The molecule has 3 aromatic rings. The van der Waals surface area contributed by atoms with Crippen LogP contribution in [-0.4, -0.2) is 13.0 Å². The van der Waals surface area contributed by atoms with Crippen molar-refractivity contribution in [1.82, 2.24) is 5.32 Å². The maximum Gasteiger partial charge on any atom is 0.211 e. The van der Waals surface area contributed by atoms with Crippen molar-refractivity contribution >= 4 is 12.1 Å². The molecule has 0 heterocycles. The van der Waals surface area contributed by atoms with Crippen LogP contribution < -0.4 is 15.4 Å². The Morgan fingerprint density at radius 3 is 2.45 bits per heavy atom. The minimum atomic E-state index is 0.0761. The molecule has 1 fully saturated rings. The summed E-state index contributed by atoms with van der Waals surface area (Å²) in [6.07, 6.45) is 3.32. The minimum Gasteiger partial charge on any atom is -0.489 e. The quantitative estimate of drug-likeness (QED) is 0.486. The molecule has 1 amide bonds. The largest absolute Gasteiger partial charge is 0.489 e. The average Bonchev–Trinajstić information content (AvgIpc) is 3.59. The van der Waals surface area contributed by atoms with Crippen LogP contribution in [0.25, 0.3) is 0 Å². The molecule has 0 bridgehead atoms. The Kier molecular flexibility index (Phi) is 6.22. The molecule has 0 saturated heterocycles. The maximum atomic E-state index is 10.8. The third-order valence-electron chi connectivity index (χ3n) is 5.21. The summed E-state index contributed by atoms with van der Waals surface area (Å²) >= 11 is 0. The van der Waals surface area contributed by atoms with Crippen LogP contribution in [0.4, 0.5) is 5.69 Å². The summed E-state index contributed by atoms with van der Waals surface area (Å²) < 4.78 is 5.92. The fourth-order valence-electron chi connectivity index (χ4n) is 3.41. The molecule has 0 radical (unpaired) electrons. The number of anilines is 1. The van der Waals surface area contributed by atoms with Crippen molar-refractivity contribution in [3.63, 3.8) is 0 Å². The topological polar surface area (TPSA) is 50.4 Å². The van der Waals surface area contributed by atoms with Crippen LogP contribution in [0, 0.1) is 5.92 Å². The number of carbonyl (C=O) groups is 1. The van der Waals surface area contributed by atoms with Crippen LogP contribution >= 0.6 is 0 Å². The Bertz CT molecular complexity index is 921. The van der Waals surface area contributed by atoms with E-state index in [4.69, 9.17) is 4.74 Å². The van der Waals surface area contributed by atoms with Gasteiger partial charge in [-0.3, -0.25) is 4.79 Å². The number of nitrogens with one attached hydrogen (secondary N) is 2. The van der Waals surface area contributed by atoms with E-state index < -0.39 is 0 Å². The Balaban J connectivity index is 1.49. The zero-order valence-electron chi connectivity index (χ0n) is 16.4. The van der Waals surface area contributed by atoms with E-state index >= 15 is 0 Å². The van der Waals surface area contributed by atoms with Crippen LogP contribution in [0.3, 0.4) is 0 Å². The van der Waals surface area contributed by atoms with Gasteiger partial charge in [-0.2, -0.15) is 0 Å². The molecule has 0 aliphatic heterocycles. The second-order valence-corrected chi connectivity index (χ2v) is 7.52. The highest BCUT2D eigenvalue weighted by molar-refractivity contribution is 5.71. The highest BCUT2D eigenvalue weighted by atomic mass is 16.5. The monoisotopic (exact) mass is 386 g/mol. The predicted octanol–water partition coefficient (Wildman–Crippen LogP) is 4.92. The molecule has 1 atom stereocenters. The first-order valence-corrected chi connectivity index (χ1v) is 10.1. The number of ether oxygens (including phenoxy) is 1. The van der Waals surface area contributed by atoms with Gasteiger partial charge in [-0.1, -0.05) is 54.6 Å². The number of amides is 1. The van der Waals surface area contributed by atoms with Gasteiger partial charge < -0.3 is 15.4 Å². The van der Waals surface area contributed by atoms with Gasteiger partial charge in [-0.15, -0.1) is 0 Å². The number of carbonyl (C=O) groups excluding carboxylic acids is 1. The third kappa shape index (κ3) is 5.46. The zero-order valence-corrected chi connectivity index (χ0v) is 16.4. The molecule has 2 N–H and O–H groups in total. The van der Waals surface area contributed by atoms with Crippen LogP contribution in [0.15, 0.2) is 78.9 Å². The van der Waals surface area contributed by atoms with Crippen LogP contribution in [-0.2, 0) is 11.4 Å². The van der Waals surface area contributed by atoms with Crippen molar-refractivity contribution in [1.29, 1.82) is 0 Å². The van der Waals surface area contributed by atoms with E-state index in [1.54, 1.807) is 0 Å². The zero-order chi connectivity index (χ0) is 19.9. The van der Waals surface area contributed by atoms with Gasteiger partial charge in [0.25, 0.3) is 0 Å². The SMILES string of the molecule is O=CNc1cccc(C(NCC2CC2)c2ccc(OCc3ccccc3)cc2)c1. The van der Waals surface area contributed by atoms with E-state index in [1.165, 1.54) is 18.4 Å². The lowest BCUT2D eigenvalue weighted by Crippen LogP contribution is -2.24. The first-order chi connectivity index (χ1) is 14.3. The van der Waals surface area contributed by atoms with Gasteiger partial charge in [-0.05, 0) is 66.3 Å². The fourth-order valence-corrected chi connectivity index (χ4v) is 3.41. The van der Waals surface area contributed by atoms with Gasteiger partial charge in [0.2, 0.25) is 6.41 Å². The summed E-state index contributed by atoms with van der Waals surface area (Å²) in [4.78, 5) is 10.8. The summed E-state index contributed by atoms with van der Waals surface area (Å²) in [7, 11) is 0. The Morgan fingerprint density at radius 1 is 0.931 bits per heavy atom. The number of benzene rings is 3. The number of rotatable bonds is 10. The average molecular weight is 386 g/mol. The van der Waals surface area contributed by atoms with Gasteiger partial charge in [0.15, 0.2) is 0 Å². The molecule has 4 rings (SSSR count). The maximum absolute atomic E-state index is 10.8. The second kappa shape index (κ2) is 9.39. The van der Waals surface area contributed by atoms with Crippen molar-refractivity contribution in [3.05, 3.63) is 95.6 Å². The molecule has 29 heavy (non-hydrogen) atoms. The Hall–Kier alpha value is -3.11. The van der Waals surface area contributed by atoms with Crippen LogP contribution in [0.1, 0.15) is 35.6 Å². The number of hydrogen-bond donors (Lipinski definition) is 2. The Labute approximate surface area is 171 Å². The lowest BCUT2D eigenvalue weighted by atomic mass is 9.98. The predicted molar refractivity (Wildman–Crippen MR) is 116 cm³/mol. The van der Waals surface area contributed by atoms with Crippen molar-refractivity contribution in [3.8, 4) is 5.75 Å². The summed E-state index contributed by atoms with van der Waals surface area (Å²) in [6, 6.07) is 26.5. The van der Waals surface area contributed by atoms with E-state index in [9.17, 15) is 4.79 Å². The van der Waals surface area contributed by atoms with E-state index in [0.717, 1.165) is 35.0 Å². The van der Waals surface area contributed by atoms with Gasteiger partial charge in [0.1, 0.15) is 12.4 Å². The molecular weight excluding hydrogens is 360 g/mol. The molecule has 0 aromatic heterocycles. The summed E-state index contributed by atoms with van der Waals surface area (Å²) in [5.74, 6) is 1.64. The molecule has 1 unspecified atom stereocenters. The fraction of sp³-hybridized carbons (Fsp3) is 0.240. The smallest absolute Gasteiger partial charge is 0.211 e. The summed E-state index contributed by atoms with van der Waals surface area (Å²) in [5.41, 5.74) is 4.27. The molecule has 0 spiro atoms. The Morgan fingerprint density at radius 2 is 1.72 bits per heavy atom. The molecule has 148 valence electrons. The first kappa shape index (κ1) is 19.2. The second-order valence-electron chi connectivity index (χ2n) is 7.52. The summed E-state index contributed by atoms with van der Waals surface area (Å²) in [5, 5.41) is 6.45. The molecular formula is C25H26N2O2. The van der Waals surface area contributed by atoms with Crippen molar-refractivity contribution in [2.75, 3.05) is 11.9 Å². The summed E-state index contributed by atoms with van der Waals surface area (Å²) in [6.45, 7) is 1.56. The molecule has 3 aromatic carbocycles. The minimum absolute atomic E-state index is 0.0761. The van der Waals surface area contributed by atoms with Gasteiger partial charge in [-0.25, -0.2) is 0 Å². The first-order valence-electron chi connectivity index (χ1n) is 10.1. The molecule has 4 heteroatoms. The lowest BCUT2D eigenvalue weighted by Gasteiger charge is -2.21. The standard InChI is InChI=1S/C25H26N2O2/c28-18-27-23-8-4-7-22(15-23)25(26-16-19-9-10-19)21-11-13-24(14-12-21)29-17-20-5-2-1-3-6-20/h1-8,11-15,18-19,25-26H,9-10,16-17H2,(H,27,28). The van der Waals surface area contributed by atoms with Gasteiger partial charge in [0.05, 0.1) is 6.04 Å². The van der Waals surface area contributed by atoms with Crippen LogP contribution in [0.5, 0.6) is 5.75 Å². The number of hydrogen-bond acceptors (Lipinski definition) is 3. The van der Waals surface area contributed by atoms with E-state index in [2.05, 4.69) is 41.0 Å². The van der Waals surface area contributed by atoms with Crippen molar-refractivity contribution in [2.45, 2.75) is 25.5 Å². The van der Waals surface area contributed by atoms with E-state index in [1.807, 2.05) is 48.5 Å². The molecule has 1 saturated carbocycles. The highest BCUT2D eigenvalue weighted by Crippen LogP contribution is 2.31.